The molecule has 0 saturated carbocycles. The van der Waals surface area contributed by atoms with Crippen LogP contribution < -0.4 is 5.73 Å². The number of pyridine rings is 1. The Morgan fingerprint density at radius 1 is 1.15 bits per heavy atom. The molecule has 6 heteroatoms. The largest absolute Gasteiger partial charge is 0.338 e. The van der Waals surface area contributed by atoms with Gasteiger partial charge in [-0.15, -0.1) is 0 Å². The lowest BCUT2D eigenvalue weighted by Gasteiger charge is -2.17. The van der Waals surface area contributed by atoms with Gasteiger partial charge in [0.1, 0.15) is 12.1 Å². The van der Waals surface area contributed by atoms with Gasteiger partial charge in [0.25, 0.3) is 5.91 Å². The zero-order valence-electron chi connectivity index (χ0n) is 14.4. The second-order valence-electron chi connectivity index (χ2n) is 6.60. The summed E-state index contributed by atoms with van der Waals surface area (Å²) in [5.74, 6) is 1.30. The first-order valence-electron chi connectivity index (χ1n) is 8.75. The lowest BCUT2D eigenvalue weighted by molar-refractivity contribution is 0.0786. The Bertz CT molecular complexity index is 861. The third-order valence-corrected chi connectivity index (χ3v) is 5.02. The first-order chi connectivity index (χ1) is 12.8. The fraction of sp³-hybridized carbons (Fsp3) is 0.250. The number of nitrogens with zero attached hydrogens (tertiary/aromatic N) is 4. The van der Waals surface area contributed by atoms with E-state index in [9.17, 15) is 4.79 Å². The van der Waals surface area contributed by atoms with Crippen molar-refractivity contribution in [2.75, 3.05) is 19.6 Å². The topological polar surface area (TPSA) is 77.0 Å². The molecule has 132 valence electrons. The molecule has 1 fully saturated rings. The summed E-state index contributed by atoms with van der Waals surface area (Å²) >= 11 is 0. The smallest absolute Gasteiger partial charge is 0.255 e. The van der Waals surface area contributed by atoms with E-state index < -0.39 is 0 Å². The maximum atomic E-state index is 12.9. The summed E-state index contributed by atoms with van der Waals surface area (Å²) in [6.07, 6.45) is 6.83. The summed E-state index contributed by atoms with van der Waals surface area (Å²) in [4.78, 5) is 23.2. The molecule has 1 amide bonds. The number of carbonyl (C=O) groups excluding carboxylic acids is 1. The van der Waals surface area contributed by atoms with Gasteiger partial charge in [0, 0.05) is 37.6 Å². The van der Waals surface area contributed by atoms with Crippen molar-refractivity contribution in [3.8, 4) is 5.82 Å². The molecule has 0 unspecified atom stereocenters. The number of benzene rings is 1. The molecule has 0 radical (unpaired) electrons. The predicted octanol–water partition coefficient (Wildman–Crippen LogP) is 2.08. The molecular weight excluding hydrogens is 326 g/mol. The second-order valence-corrected chi connectivity index (χ2v) is 6.60. The average Bonchev–Trinajstić information content (AvgIpc) is 3.38. The highest BCUT2D eigenvalue weighted by molar-refractivity contribution is 5.94. The minimum Gasteiger partial charge on any atom is -0.338 e. The van der Waals surface area contributed by atoms with Crippen LogP contribution in [0, 0.1) is 5.92 Å². The van der Waals surface area contributed by atoms with Gasteiger partial charge in [-0.05, 0) is 30.2 Å². The van der Waals surface area contributed by atoms with Crippen molar-refractivity contribution >= 4 is 5.91 Å². The van der Waals surface area contributed by atoms with Crippen LogP contribution in [0.4, 0.5) is 0 Å². The number of hydrogen-bond donors (Lipinski definition) is 1. The number of hydrogen-bond acceptors (Lipinski definition) is 4. The highest BCUT2D eigenvalue weighted by atomic mass is 16.2. The van der Waals surface area contributed by atoms with E-state index in [0.717, 1.165) is 5.82 Å². The molecule has 6 nitrogen and oxygen atoms in total. The van der Waals surface area contributed by atoms with Crippen molar-refractivity contribution in [2.24, 2.45) is 11.7 Å². The van der Waals surface area contributed by atoms with E-state index in [2.05, 4.69) is 22.1 Å². The molecule has 26 heavy (non-hydrogen) atoms. The van der Waals surface area contributed by atoms with Gasteiger partial charge >= 0.3 is 0 Å². The Morgan fingerprint density at radius 2 is 2.00 bits per heavy atom. The normalized spacial score (nSPS) is 19.7. The van der Waals surface area contributed by atoms with Crippen LogP contribution in [0.25, 0.3) is 5.82 Å². The second kappa shape index (κ2) is 7.09. The molecule has 1 saturated heterocycles. The Hall–Kier alpha value is -2.99. The zero-order valence-corrected chi connectivity index (χ0v) is 14.4. The Kier molecular flexibility index (Phi) is 4.50. The van der Waals surface area contributed by atoms with Gasteiger partial charge in [-0.25, -0.2) is 9.97 Å². The van der Waals surface area contributed by atoms with Gasteiger partial charge in [0.2, 0.25) is 0 Å². The monoisotopic (exact) mass is 347 g/mol. The van der Waals surface area contributed by atoms with Gasteiger partial charge in [0.05, 0.1) is 5.56 Å². The average molecular weight is 347 g/mol. The summed E-state index contributed by atoms with van der Waals surface area (Å²) in [7, 11) is 0. The van der Waals surface area contributed by atoms with Gasteiger partial charge < -0.3 is 10.6 Å². The summed E-state index contributed by atoms with van der Waals surface area (Å²) in [6.45, 7) is 1.94. The minimum atomic E-state index is 0.00608. The molecule has 0 aliphatic carbocycles. The standard InChI is InChI=1S/C20H21N5O/c21-10-17-12-25(13-18(17)15-4-2-1-3-5-15)20(26)16-6-7-19(23-11-16)24-9-8-22-14-24/h1-9,11,14,17-18H,10,12-13,21H2/t17-,18+/m1/s1. The SMILES string of the molecule is NC[C@@H]1CN(C(=O)c2ccc(-n3ccnc3)nc2)C[C@H]1c1ccccc1. The van der Waals surface area contributed by atoms with Crippen LogP contribution in [0.5, 0.6) is 0 Å². The van der Waals surface area contributed by atoms with E-state index in [4.69, 9.17) is 5.73 Å². The van der Waals surface area contributed by atoms with Gasteiger partial charge in [0.15, 0.2) is 0 Å². The molecule has 0 bridgehead atoms. The summed E-state index contributed by atoms with van der Waals surface area (Å²) in [5, 5.41) is 0. The fourth-order valence-corrected chi connectivity index (χ4v) is 3.60. The fourth-order valence-electron chi connectivity index (χ4n) is 3.60. The van der Waals surface area contributed by atoms with Crippen LogP contribution in [0.3, 0.4) is 0 Å². The van der Waals surface area contributed by atoms with Crippen molar-refractivity contribution in [1.29, 1.82) is 0 Å². The van der Waals surface area contributed by atoms with Gasteiger partial charge in [-0.1, -0.05) is 30.3 Å². The highest BCUT2D eigenvalue weighted by Crippen LogP contribution is 2.32. The van der Waals surface area contributed by atoms with Crippen LogP contribution in [-0.4, -0.2) is 45.0 Å². The molecule has 3 aromatic rings. The van der Waals surface area contributed by atoms with E-state index in [0.29, 0.717) is 25.2 Å². The van der Waals surface area contributed by atoms with Crippen LogP contribution in [0.1, 0.15) is 21.8 Å². The van der Waals surface area contributed by atoms with Crippen LogP contribution in [-0.2, 0) is 0 Å². The third kappa shape index (κ3) is 3.11. The van der Waals surface area contributed by atoms with Crippen LogP contribution in [0.15, 0.2) is 67.4 Å². The molecule has 1 aliphatic rings. The molecule has 1 aliphatic heterocycles. The van der Waals surface area contributed by atoms with Crippen molar-refractivity contribution in [3.63, 3.8) is 0 Å². The summed E-state index contributed by atoms with van der Waals surface area (Å²) < 4.78 is 1.81. The molecule has 3 heterocycles. The number of amides is 1. The number of carbonyl (C=O) groups is 1. The number of likely N-dealkylation sites (tertiary alicyclic amines) is 1. The maximum Gasteiger partial charge on any atom is 0.255 e. The third-order valence-electron chi connectivity index (χ3n) is 5.02. The molecule has 1 aromatic carbocycles. The van der Waals surface area contributed by atoms with Gasteiger partial charge in [-0.2, -0.15) is 0 Å². The summed E-state index contributed by atoms with van der Waals surface area (Å²) in [6, 6.07) is 14.0. The Morgan fingerprint density at radius 3 is 2.65 bits per heavy atom. The van der Waals surface area contributed by atoms with Crippen LogP contribution >= 0.6 is 0 Å². The van der Waals surface area contributed by atoms with Crippen molar-refractivity contribution < 1.29 is 4.79 Å². The first kappa shape index (κ1) is 16.5. The van der Waals surface area contributed by atoms with E-state index in [-0.39, 0.29) is 17.7 Å². The quantitative estimate of drug-likeness (QED) is 0.784. The minimum absolute atomic E-state index is 0.00608. The molecular formula is C20H21N5O. The number of imidazole rings is 1. The number of nitrogens with two attached hydrogens (primary N) is 1. The Labute approximate surface area is 152 Å². The molecule has 2 N–H and O–H groups in total. The van der Waals surface area contributed by atoms with Crippen molar-refractivity contribution in [3.05, 3.63) is 78.5 Å². The lowest BCUT2D eigenvalue weighted by atomic mass is 9.89. The molecule has 4 rings (SSSR count). The summed E-state index contributed by atoms with van der Waals surface area (Å²) in [5.41, 5.74) is 7.82. The zero-order chi connectivity index (χ0) is 17.9. The maximum absolute atomic E-state index is 12.9. The first-order valence-corrected chi connectivity index (χ1v) is 8.75. The Balaban J connectivity index is 1.51. The highest BCUT2D eigenvalue weighted by Gasteiger charge is 2.35. The number of rotatable bonds is 4. The van der Waals surface area contributed by atoms with Gasteiger partial charge in [-0.3, -0.25) is 9.36 Å². The predicted molar refractivity (Wildman–Crippen MR) is 99.0 cm³/mol. The molecule has 2 atom stereocenters. The van der Waals surface area contributed by atoms with Crippen molar-refractivity contribution in [2.45, 2.75) is 5.92 Å². The molecule has 0 spiro atoms. The van der Waals surface area contributed by atoms with E-state index in [1.54, 1.807) is 23.3 Å². The number of aromatic nitrogens is 3. The van der Waals surface area contributed by atoms with E-state index in [1.807, 2.05) is 41.4 Å². The molecule has 2 aromatic heterocycles. The lowest BCUT2D eigenvalue weighted by Crippen LogP contribution is -2.30. The van der Waals surface area contributed by atoms with E-state index in [1.165, 1.54) is 5.56 Å². The van der Waals surface area contributed by atoms with Crippen molar-refractivity contribution in [1.82, 2.24) is 19.4 Å². The van der Waals surface area contributed by atoms with E-state index >= 15 is 0 Å². The van der Waals surface area contributed by atoms with Crippen LogP contribution in [0.2, 0.25) is 0 Å².